The average molecular weight is 469 g/mol. The highest BCUT2D eigenvalue weighted by molar-refractivity contribution is 7.85. The Morgan fingerprint density at radius 1 is 1.03 bits per heavy atom. The van der Waals surface area contributed by atoms with E-state index in [1.54, 1.807) is 0 Å². The van der Waals surface area contributed by atoms with E-state index in [1.807, 2.05) is 0 Å². The van der Waals surface area contributed by atoms with Gasteiger partial charge in [-0.2, -0.15) is 8.42 Å². The molecular weight excluding hydrogens is 424 g/mol. The molecule has 0 bridgehead atoms. The molecule has 0 heterocycles. The van der Waals surface area contributed by atoms with E-state index in [9.17, 15) is 13.2 Å². The van der Waals surface area contributed by atoms with Crippen LogP contribution in [0, 0.1) is 52.3 Å². The van der Waals surface area contributed by atoms with Crippen molar-refractivity contribution >= 4 is 16.1 Å². The molecule has 0 aromatic rings. The molecule has 4 aliphatic carbocycles. The number of esters is 1. The van der Waals surface area contributed by atoms with Crippen molar-refractivity contribution in [1.82, 2.24) is 0 Å². The van der Waals surface area contributed by atoms with Crippen LogP contribution in [0.2, 0.25) is 0 Å². The number of rotatable bonds is 5. The summed E-state index contributed by atoms with van der Waals surface area (Å²) in [6, 6.07) is 0. The molecule has 4 aliphatic rings. The molecule has 0 spiro atoms. The van der Waals surface area contributed by atoms with Gasteiger partial charge in [0.05, 0.1) is 12.9 Å². The smallest absolute Gasteiger partial charge is 0.302 e. The first kappa shape index (κ1) is 24.5. The van der Waals surface area contributed by atoms with Crippen molar-refractivity contribution in [3.8, 4) is 0 Å². The molecule has 0 amide bonds. The Bertz CT molecular complexity index is 824. The van der Waals surface area contributed by atoms with Gasteiger partial charge in [-0.25, -0.2) is 0 Å². The maximum Gasteiger partial charge on any atom is 0.302 e. The summed E-state index contributed by atoms with van der Waals surface area (Å²) < 4.78 is 33.9. The Kier molecular flexibility index (Phi) is 6.55. The number of hydrogen-bond donors (Lipinski definition) is 0. The van der Waals surface area contributed by atoms with Crippen LogP contribution >= 0.6 is 0 Å². The zero-order valence-electron chi connectivity index (χ0n) is 20.9. The molecule has 6 heteroatoms. The lowest BCUT2D eigenvalue weighted by Gasteiger charge is -2.63. The van der Waals surface area contributed by atoms with Crippen LogP contribution in [0.1, 0.15) is 86.0 Å². The summed E-state index contributed by atoms with van der Waals surface area (Å²) in [5.41, 5.74) is 0.645. The molecule has 32 heavy (non-hydrogen) atoms. The molecule has 0 saturated heterocycles. The standard InChI is InChI=1S/C26H44O5S/c1-16-13-19-14-20(31-18(3)27)9-11-25(19,4)23-10-12-26(5)21(7-8-22(26)24(16)23)17(2)15-30-32(6,28)29/h16-17,19-24H,7-15H2,1-6H3/t16?,17-,19-,20+,21?,22?,23?,24+,25+,26-/m1/s1. The lowest BCUT2D eigenvalue weighted by molar-refractivity contribution is -0.168. The average Bonchev–Trinajstić information content (AvgIpc) is 3.03. The van der Waals surface area contributed by atoms with E-state index in [2.05, 4.69) is 27.7 Å². The largest absolute Gasteiger partial charge is 0.463 e. The fourth-order valence-electron chi connectivity index (χ4n) is 9.26. The van der Waals surface area contributed by atoms with Gasteiger partial charge in [-0.3, -0.25) is 8.98 Å². The first-order chi connectivity index (χ1) is 14.8. The van der Waals surface area contributed by atoms with Crippen LogP contribution in [-0.4, -0.2) is 33.4 Å². The molecule has 184 valence electrons. The third-order valence-corrected chi connectivity index (χ3v) is 11.2. The molecule has 4 fully saturated rings. The summed E-state index contributed by atoms with van der Waals surface area (Å²) in [6.45, 7) is 11.6. The molecule has 0 radical (unpaired) electrons. The second kappa shape index (κ2) is 8.55. The highest BCUT2D eigenvalue weighted by atomic mass is 32.2. The van der Waals surface area contributed by atoms with Crippen molar-refractivity contribution in [2.24, 2.45) is 52.3 Å². The van der Waals surface area contributed by atoms with Crippen LogP contribution in [0.5, 0.6) is 0 Å². The van der Waals surface area contributed by atoms with Gasteiger partial charge < -0.3 is 4.74 Å². The summed E-state index contributed by atoms with van der Waals surface area (Å²) in [5, 5.41) is 0. The number of carbonyl (C=O) groups is 1. The van der Waals surface area contributed by atoms with Crippen molar-refractivity contribution in [3.63, 3.8) is 0 Å². The van der Waals surface area contributed by atoms with Crippen LogP contribution in [0.3, 0.4) is 0 Å². The van der Waals surface area contributed by atoms with E-state index in [4.69, 9.17) is 8.92 Å². The SMILES string of the molecule is CC(=O)O[C@H]1CC[C@]2(C)C3CC[C@@]4(C)C(CCC4[C@H](C)COS(C)(=O)=O)[C@@H]3C(C)C[C@@H]2C1. The van der Waals surface area contributed by atoms with Crippen molar-refractivity contribution in [2.75, 3.05) is 12.9 Å². The zero-order chi connectivity index (χ0) is 23.5. The van der Waals surface area contributed by atoms with Gasteiger partial charge in [0.2, 0.25) is 0 Å². The fourth-order valence-corrected chi connectivity index (χ4v) is 9.72. The van der Waals surface area contributed by atoms with Gasteiger partial charge in [0.25, 0.3) is 10.1 Å². The Hall–Kier alpha value is -0.620. The minimum atomic E-state index is -3.39. The molecule has 0 aromatic heterocycles. The molecular formula is C26H44O5S. The summed E-state index contributed by atoms with van der Waals surface area (Å²) in [5.74, 6) is 4.25. The maximum absolute atomic E-state index is 11.5. The third kappa shape index (κ3) is 4.28. The van der Waals surface area contributed by atoms with E-state index in [0.717, 1.165) is 36.9 Å². The molecule has 0 aliphatic heterocycles. The predicted octanol–water partition coefficient (Wildman–Crippen LogP) is 5.44. The van der Waals surface area contributed by atoms with Gasteiger partial charge in [0, 0.05) is 6.92 Å². The highest BCUT2D eigenvalue weighted by Crippen LogP contribution is 2.69. The second-order valence-electron chi connectivity index (χ2n) is 12.4. The van der Waals surface area contributed by atoms with E-state index in [0.29, 0.717) is 29.8 Å². The summed E-state index contributed by atoms with van der Waals surface area (Å²) >= 11 is 0. The summed E-state index contributed by atoms with van der Waals surface area (Å²) in [4.78, 5) is 11.5. The van der Waals surface area contributed by atoms with Crippen molar-refractivity contribution in [3.05, 3.63) is 0 Å². The van der Waals surface area contributed by atoms with E-state index < -0.39 is 10.1 Å². The molecule has 4 saturated carbocycles. The number of hydrogen-bond acceptors (Lipinski definition) is 5. The van der Waals surface area contributed by atoms with E-state index in [1.165, 1.54) is 45.4 Å². The van der Waals surface area contributed by atoms with Crippen molar-refractivity contribution < 1.29 is 22.1 Å². The van der Waals surface area contributed by atoms with Gasteiger partial charge in [0.1, 0.15) is 6.10 Å². The van der Waals surface area contributed by atoms with E-state index >= 15 is 0 Å². The van der Waals surface area contributed by atoms with Gasteiger partial charge in [-0.1, -0.05) is 27.7 Å². The molecule has 10 atom stereocenters. The number of carbonyl (C=O) groups excluding carboxylic acids is 1. The quantitative estimate of drug-likeness (QED) is 0.397. The first-order valence-electron chi connectivity index (χ1n) is 12.9. The molecule has 4 unspecified atom stereocenters. The van der Waals surface area contributed by atoms with Gasteiger partial charge in [-0.15, -0.1) is 0 Å². The van der Waals surface area contributed by atoms with Crippen LogP contribution in [0.4, 0.5) is 0 Å². The maximum atomic E-state index is 11.5. The van der Waals surface area contributed by atoms with Gasteiger partial charge >= 0.3 is 5.97 Å². The fraction of sp³-hybridized carbons (Fsp3) is 0.962. The normalized spacial score (nSPS) is 47.1. The first-order valence-corrected chi connectivity index (χ1v) is 14.7. The van der Waals surface area contributed by atoms with Gasteiger partial charge in [-0.05, 0) is 104 Å². The molecule has 4 rings (SSSR count). The number of fused-ring (bicyclic) bond motifs is 5. The molecule has 0 aromatic carbocycles. The lowest BCUT2D eigenvalue weighted by Crippen LogP contribution is -2.57. The monoisotopic (exact) mass is 468 g/mol. The van der Waals surface area contributed by atoms with Crippen LogP contribution in [0.25, 0.3) is 0 Å². The van der Waals surface area contributed by atoms with Crippen LogP contribution < -0.4 is 0 Å². The second-order valence-corrected chi connectivity index (χ2v) is 14.1. The Morgan fingerprint density at radius 2 is 1.69 bits per heavy atom. The molecule has 0 N–H and O–H groups in total. The van der Waals surface area contributed by atoms with E-state index in [-0.39, 0.29) is 23.4 Å². The molecule has 5 nitrogen and oxygen atoms in total. The van der Waals surface area contributed by atoms with Crippen molar-refractivity contribution in [1.29, 1.82) is 0 Å². The highest BCUT2D eigenvalue weighted by Gasteiger charge is 2.62. The lowest BCUT2D eigenvalue weighted by atomic mass is 9.42. The predicted molar refractivity (Wildman–Crippen MR) is 125 cm³/mol. The van der Waals surface area contributed by atoms with Gasteiger partial charge in [0.15, 0.2) is 0 Å². The van der Waals surface area contributed by atoms with Crippen LogP contribution in [-0.2, 0) is 23.8 Å². The topological polar surface area (TPSA) is 69.7 Å². The number of ether oxygens (including phenoxy) is 1. The summed E-state index contributed by atoms with van der Waals surface area (Å²) in [6.07, 6.45) is 10.7. The Balaban J connectivity index is 1.51. The minimum Gasteiger partial charge on any atom is -0.463 e. The Morgan fingerprint density at radius 3 is 2.34 bits per heavy atom. The van der Waals surface area contributed by atoms with Crippen LogP contribution in [0.15, 0.2) is 0 Å². The third-order valence-electron chi connectivity index (χ3n) is 10.6. The zero-order valence-corrected chi connectivity index (χ0v) is 21.7. The Labute approximate surface area is 195 Å². The van der Waals surface area contributed by atoms with Crippen molar-refractivity contribution in [2.45, 2.75) is 92.1 Å². The minimum absolute atomic E-state index is 0.106. The summed E-state index contributed by atoms with van der Waals surface area (Å²) in [7, 11) is -3.39.